The first-order valence-corrected chi connectivity index (χ1v) is 7.94. The summed E-state index contributed by atoms with van der Waals surface area (Å²) in [6, 6.07) is 11.0. The Kier molecular flexibility index (Phi) is 5.95. The zero-order chi connectivity index (χ0) is 17.5. The second kappa shape index (κ2) is 8.15. The van der Waals surface area contributed by atoms with E-state index in [1.165, 1.54) is 11.8 Å². The van der Waals surface area contributed by atoms with Crippen molar-refractivity contribution in [2.45, 2.75) is 25.8 Å². The van der Waals surface area contributed by atoms with Crippen LogP contribution in [-0.2, 0) is 18.3 Å². The molecule has 2 aromatic rings. The highest BCUT2D eigenvalue weighted by molar-refractivity contribution is 6.00. The second-order valence-electron chi connectivity index (χ2n) is 5.80. The summed E-state index contributed by atoms with van der Waals surface area (Å²) in [5.41, 5.74) is 2.33. The smallest absolute Gasteiger partial charge is 0.251 e. The van der Waals surface area contributed by atoms with E-state index in [1.54, 1.807) is 24.3 Å². The quantitative estimate of drug-likeness (QED) is 0.769. The minimum Gasteiger partial charge on any atom is -0.354 e. The fourth-order valence-electron chi connectivity index (χ4n) is 2.43. The van der Waals surface area contributed by atoms with Gasteiger partial charge < -0.3 is 15.2 Å². The third kappa shape index (κ3) is 4.84. The van der Waals surface area contributed by atoms with E-state index in [4.69, 9.17) is 0 Å². The van der Waals surface area contributed by atoms with Crippen LogP contribution >= 0.6 is 0 Å². The van der Waals surface area contributed by atoms with Crippen molar-refractivity contribution in [3.63, 3.8) is 0 Å². The number of aryl methyl sites for hydroxylation is 2. The molecule has 2 amide bonds. The lowest BCUT2D eigenvalue weighted by molar-refractivity contribution is -0.111. The molecule has 2 N–H and O–H groups in total. The van der Waals surface area contributed by atoms with Crippen molar-refractivity contribution in [2.24, 2.45) is 7.05 Å². The number of aromatic nitrogens is 1. The Hall–Kier alpha value is -2.82. The second-order valence-corrected chi connectivity index (χ2v) is 5.80. The van der Waals surface area contributed by atoms with Gasteiger partial charge in [-0.25, -0.2) is 0 Å². The molecule has 1 unspecified atom stereocenters. The number of nitrogens with one attached hydrogen (secondary N) is 2. The van der Waals surface area contributed by atoms with Crippen molar-refractivity contribution in [1.82, 2.24) is 9.88 Å². The molecule has 0 spiro atoms. The Labute approximate surface area is 142 Å². The van der Waals surface area contributed by atoms with Crippen molar-refractivity contribution in [1.29, 1.82) is 0 Å². The van der Waals surface area contributed by atoms with Crippen molar-refractivity contribution >= 4 is 17.5 Å². The molecule has 0 aliphatic carbocycles. The summed E-state index contributed by atoms with van der Waals surface area (Å²) in [7, 11) is 2.02. The first-order valence-electron chi connectivity index (χ1n) is 7.94. The highest BCUT2D eigenvalue weighted by Crippen LogP contribution is 2.12. The lowest BCUT2D eigenvalue weighted by Crippen LogP contribution is -2.33. The topological polar surface area (TPSA) is 63.1 Å². The molecule has 0 saturated carbocycles. The highest BCUT2D eigenvalue weighted by Gasteiger charge is 2.11. The molecule has 24 heavy (non-hydrogen) atoms. The number of anilines is 1. The molecule has 0 saturated heterocycles. The Morgan fingerprint density at radius 1 is 1.29 bits per heavy atom. The molecule has 5 nitrogen and oxygen atoms in total. The average Bonchev–Trinajstić information content (AvgIpc) is 2.98. The SMILES string of the molecule is C=CC(=O)Nc1cccc(C(=O)NC(C)CCc2cccn2C)c1. The molecule has 5 heteroatoms. The van der Waals surface area contributed by atoms with Gasteiger partial charge in [0.1, 0.15) is 0 Å². The third-order valence-electron chi connectivity index (χ3n) is 3.84. The third-order valence-corrected chi connectivity index (χ3v) is 3.84. The van der Waals surface area contributed by atoms with Gasteiger partial charge in [-0.05, 0) is 56.2 Å². The summed E-state index contributed by atoms with van der Waals surface area (Å²) >= 11 is 0. The van der Waals surface area contributed by atoms with Gasteiger partial charge in [0.05, 0.1) is 0 Å². The van der Waals surface area contributed by atoms with Gasteiger partial charge in [-0.3, -0.25) is 9.59 Å². The summed E-state index contributed by atoms with van der Waals surface area (Å²) in [5, 5.41) is 5.64. The van der Waals surface area contributed by atoms with Crippen LogP contribution in [-0.4, -0.2) is 22.4 Å². The van der Waals surface area contributed by atoms with E-state index in [9.17, 15) is 9.59 Å². The Morgan fingerprint density at radius 3 is 2.75 bits per heavy atom. The van der Waals surface area contributed by atoms with Crippen LogP contribution in [0.5, 0.6) is 0 Å². The van der Waals surface area contributed by atoms with Gasteiger partial charge in [-0.2, -0.15) is 0 Å². The number of carbonyl (C=O) groups is 2. The van der Waals surface area contributed by atoms with Gasteiger partial charge >= 0.3 is 0 Å². The van der Waals surface area contributed by atoms with Crippen LogP contribution in [0.25, 0.3) is 0 Å². The van der Waals surface area contributed by atoms with Crippen LogP contribution in [0.2, 0.25) is 0 Å². The predicted octanol–water partition coefficient (Wildman–Crippen LogP) is 2.90. The molecule has 1 heterocycles. The molecule has 0 bridgehead atoms. The number of hydrogen-bond acceptors (Lipinski definition) is 2. The molecule has 0 aliphatic heterocycles. The summed E-state index contributed by atoms with van der Waals surface area (Å²) in [5.74, 6) is -0.451. The molecule has 0 radical (unpaired) electrons. The van der Waals surface area contributed by atoms with Crippen molar-refractivity contribution in [3.8, 4) is 0 Å². The number of hydrogen-bond donors (Lipinski definition) is 2. The first kappa shape index (κ1) is 17.5. The fourth-order valence-corrected chi connectivity index (χ4v) is 2.43. The van der Waals surface area contributed by atoms with Crippen LogP contribution in [0.15, 0.2) is 55.3 Å². The van der Waals surface area contributed by atoms with Crippen LogP contribution in [0.1, 0.15) is 29.4 Å². The molecule has 2 rings (SSSR count). The maximum atomic E-state index is 12.3. The first-order chi connectivity index (χ1) is 11.5. The maximum Gasteiger partial charge on any atom is 0.251 e. The summed E-state index contributed by atoms with van der Waals surface area (Å²) in [4.78, 5) is 23.7. The van der Waals surface area contributed by atoms with Crippen molar-refractivity contribution in [3.05, 3.63) is 66.5 Å². The van der Waals surface area contributed by atoms with E-state index in [2.05, 4.69) is 27.8 Å². The summed E-state index contributed by atoms with van der Waals surface area (Å²) < 4.78 is 2.08. The van der Waals surface area contributed by atoms with Gasteiger partial charge in [0.25, 0.3) is 5.91 Å². The van der Waals surface area contributed by atoms with E-state index in [0.29, 0.717) is 11.3 Å². The Morgan fingerprint density at radius 2 is 2.08 bits per heavy atom. The number of benzene rings is 1. The van der Waals surface area contributed by atoms with Crippen molar-refractivity contribution < 1.29 is 9.59 Å². The van der Waals surface area contributed by atoms with Gasteiger partial charge in [-0.15, -0.1) is 0 Å². The van der Waals surface area contributed by atoms with E-state index in [-0.39, 0.29) is 17.9 Å². The van der Waals surface area contributed by atoms with Crippen LogP contribution in [0.4, 0.5) is 5.69 Å². The van der Waals surface area contributed by atoms with E-state index in [0.717, 1.165) is 12.8 Å². The fraction of sp³-hybridized carbons (Fsp3) is 0.263. The Balaban J connectivity index is 1.91. The number of carbonyl (C=O) groups excluding carboxylic acids is 2. The van der Waals surface area contributed by atoms with Crippen LogP contribution in [0.3, 0.4) is 0 Å². The standard InChI is InChI=1S/C19H23N3O2/c1-4-18(23)21-16-8-5-7-15(13-16)19(24)20-14(2)10-11-17-9-6-12-22(17)3/h4-9,12-14H,1,10-11H2,2-3H3,(H,20,24)(H,21,23). The molecule has 1 atom stereocenters. The molecular weight excluding hydrogens is 302 g/mol. The zero-order valence-electron chi connectivity index (χ0n) is 14.1. The number of amides is 2. The molecule has 1 aromatic heterocycles. The van der Waals surface area contributed by atoms with Crippen LogP contribution < -0.4 is 10.6 Å². The largest absolute Gasteiger partial charge is 0.354 e. The minimum absolute atomic E-state index is 0.0545. The predicted molar refractivity (Wildman–Crippen MR) is 95.9 cm³/mol. The number of nitrogens with zero attached hydrogens (tertiary/aromatic N) is 1. The maximum absolute atomic E-state index is 12.3. The normalized spacial score (nSPS) is 11.6. The van der Waals surface area contributed by atoms with Gasteiger partial charge in [0, 0.05) is 36.2 Å². The molecule has 0 aliphatic rings. The Bertz CT molecular complexity index is 734. The van der Waals surface area contributed by atoms with Crippen LogP contribution in [0, 0.1) is 0 Å². The summed E-state index contributed by atoms with van der Waals surface area (Å²) in [6.45, 7) is 5.40. The van der Waals surface area contributed by atoms with E-state index >= 15 is 0 Å². The van der Waals surface area contributed by atoms with Gasteiger partial charge in [0.15, 0.2) is 0 Å². The lowest BCUT2D eigenvalue weighted by atomic mass is 10.1. The monoisotopic (exact) mass is 325 g/mol. The average molecular weight is 325 g/mol. The molecular formula is C19H23N3O2. The van der Waals surface area contributed by atoms with Gasteiger partial charge in [-0.1, -0.05) is 12.6 Å². The number of rotatable bonds is 7. The van der Waals surface area contributed by atoms with E-state index < -0.39 is 0 Å². The van der Waals surface area contributed by atoms with Gasteiger partial charge in [0.2, 0.25) is 5.91 Å². The molecule has 1 aromatic carbocycles. The molecule has 0 fully saturated rings. The highest BCUT2D eigenvalue weighted by atomic mass is 16.2. The molecule has 126 valence electrons. The zero-order valence-corrected chi connectivity index (χ0v) is 14.1. The lowest BCUT2D eigenvalue weighted by Gasteiger charge is -2.14. The summed E-state index contributed by atoms with van der Waals surface area (Å²) in [6.07, 6.45) is 4.97. The van der Waals surface area contributed by atoms with Crippen molar-refractivity contribution in [2.75, 3.05) is 5.32 Å². The minimum atomic E-state index is -0.302. The van der Waals surface area contributed by atoms with E-state index in [1.807, 2.05) is 26.2 Å².